The number of amides is 1. The molecule has 0 saturated carbocycles. The number of carbonyl (C=O) groups is 1. The van der Waals surface area contributed by atoms with Crippen molar-refractivity contribution in [2.75, 3.05) is 13.6 Å². The van der Waals surface area contributed by atoms with E-state index in [9.17, 15) is 4.79 Å². The number of pyridine rings is 1. The van der Waals surface area contributed by atoms with Crippen LogP contribution in [0.1, 0.15) is 31.3 Å². The molecule has 3 nitrogen and oxygen atoms in total. The Morgan fingerprint density at radius 2 is 1.94 bits per heavy atom. The van der Waals surface area contributed by atoms with Crippen molar-refractivity contribution >= 4 is 29.1 Å². The van der Waals surface area contributed by atoms with Crippen LogP contribution < -0.4 is 0 Å². The first-order valence-corrected chi connectivity index (χ1v) is 6.04. The summed E-state index contributed by atoms with van der Waals surface area (Å²) in [6, 6.07) is 3.14. The molecule has 0 bridgehead atoms. The van der Waals surface area contributed by atoms with Gasteiger partial charge < -0.3 is 4.90 Å². The van der Waals surface area contributed by atoms with E-state index in [2.05, 4.69) is 25.8 Å². The van der Waals surface area contributed by atoms with Crippen LogP contribution in [-0.4, -0.2) is 29.4 Å². The SMILES string of the molecule is CN(CC(C)(C)C)C(=O)c1nc(Cl)ccc1Cl. The van der Waals surface area contributed by atoms with Crippen LogP contribution >= 0.6 is 23.2 Å². The van der Waals surface area contributed by atoms with E-state index in [0.717, 1.165) is 0 Å². The molecule has 1 amide bonds. The number of nitrogens with zero attached hydrogens (tertiary/aromatic N) is 2. The van der Waals surface area contributed by atoms with Gasteiger partial charge in [-0.15, -0.1) is 0 Å². The highest BCUT2D eigenvalue weighted by atomic mass is 35.5. The van der Waals surface area contributed by atoms with Crippen LogP contribution in [-0.2, 0) is 0 Å². The van der Waals surface area contributed by atoms with E-state index >= 15 is 0 Å². The van der Waals surface area contributed by atoms with Gasteiger partial charge in [-0.05, 0) is 17.5 Å². The van der Waals surface area contributed by atoms with Crippen LogP contribution in [0, 0.1) is 5.41 Å². The van der Waals surface area contributed by atoms with Crippen molar-refractivity contribution in [3.05, 3.63) is 28.0 Å². The fraction of sp³-hybridized carbons (Fsp3) is 0.500. The van der Waals surface area contributed by atoms with Crippen molar-refractivity contribution in [2.45, 2.75) is 20.8 Å². The molecule has 1 rings (SSSR count). The summed E-state index contributed by atoms with van der Waals surface area (Å²) in [6.45, 7) is 6.80. The molecule has 0 radical (unpaired) electrons. The number of halogens is 2. The average molecular weight is 275 g/mol. The molecule has 17 heavy (non-hydrogen) atoms. The number of aromatic nitrogens is 1. The lowest BCUT2D eigenvalue weighted by molar-refractivity contribution is 0.0740. The third kappa shape index (κ3) is 4.17. The fourth-order valence-electron chi connectivity index (χ4n) is 1.53. The smallest absolute Gasteiger partial charge is 0.273 e. The van der Waals surface area contributed by atoms with Crippen molar-refractivity contribution in [1.82, 2.24) is 9.88 Å². The predicted octanol–water partition coefficient (Wildman–Crippen LogP) is 3.51. The van der Waals surface area contributed by atoms with Crippen LogP contribution in [0.4, 0.5) is 0 Å². The first-order chi connectivity index (χ1) is 7.70. The molecule has 1 aromatic rings. The minimum Gasteiger partial charge on any atom is -0.340 e. The second-order valence-corrected chi connectivity index (χ2v) is 5.98. The van der Waals surface area contributed by atoms with Crippen molar-refractivity contribution < 1.29 is 4.79 Å². The zero-order valence-electron chi connectivity index (χ0n) is 10.4. The van der Waals surface area contributed by atoms with Crippen LogP contribution in [0.25, 0.3) is 0 Å². The van der Waals surface area contributed by atoms with E-state index in [1.54, 1.807) is 24.1 Å². The van der Waals surface area contributed by atoms with Gasteiger partial charge in [-0.25, -0.2) is 4.98 Å². The Morgan fingerprint density at radius 3 is 2.47 bits per heavy atom. The first kappa shape index (κ1) is 14.3. The molecule has 0 unspecified atom stereocenters. The van der Waals surface area contributed by atoms with Gasteiger partial charge in [0.05, 0.1) is 5.02 Å². The van der Waals surface area contributed by atoms with Crippen LogP contribution in [0.15, 0.2) is 12.1 Å². The highest BCUT2D eigenvalue weighted by molar-refractivity contribution is 6.34. The van der Waals surface area contributed by atoms with Crippen LogP contribution in [0.2, 0.25) is 10.2 Å². The third-order valence-electron chi connectivity index (χ3n) is 2.07. The molecule has 0 aromatic carbocycles. The highest BCUT2D eigenvalue weighted by Crippen LogP contribution is 2.20. The Morgan fingerprint density at radius 1 is 1.35 bits per heavy atom. The lowest BCUT2D eigenvalue weighted by Gasteiger charge is -2.26. The Labute approximate surface area is 112 Å². The summed E-state index contributed by atoms with van der Waals surface area (Å²) < 4.78 is 0. The van der Waals surface area contributed by atoms with E-state index in [0.29, 0.717) is 11.6 Å². The van der Waals surface area contributed by atoms with Crippen molar-refractivity contribution in [3.8, 4) is 0 Å². The molecule has 0 spiro atoms. The second kappa shape index (κ2) is 5.23. The fourth-order valence-corrected chi connectivity index (χ4v) is 1.87. The number of carbonyl (C=O) groups excluding carboxylic acids is 1. The Bertz CT molecular complexity index is 427. The highest BCUT2D eigenvalue weighted by Gasteiger charge is 2.21. The number of rotatable bonds is 2. The van der Waals surface area contributed by atoms with Gasteiger partial charge in [-0.2, -0.15) is 0 Å². The summed E-state index contributed by atoms with van der Waals surface area (Å²) in [4.78, 5) is 17.7. The monoisotopic (exact) mass is 274 g/mol. The first-order valence-electron chi connectivity index (χ1n) is 5.28. The molecule has 94 valence electrons. The maximum atomic E-state index is 12.1. The summed E-state index contributed by atoms with van der Waals surface area (Å²) in [7, 11) is 1.73. The third-order valence-corrected chi connectivity index (χ3v) is 2.59. The molecule has 1 heterocycles. The van der Waals surface area contributed by atoms with Gasteiger partial charge in [-0.1, -0.05) is 44.0 Å². The lowest BCUT2D eigenvalue weighted by atomic mass is 9.96. The quantitative estimate of drug-likeness (QED) is 0.774. The average Bonchev–Trinajstić information content (AvgIpc) is 2.18. The van der Waals surface area contributed by atoms with E-state index < -0.39 is 0 Å². The van der Waals surface area contributed by atoms with Gasteiger partial charge in [0.15, 0.2) is 0 Å². The van der Waals surface area contributed by atoms with Crippen LogP contribution in [0.5, 0.6) is 0 Å². The van der Waals surface area contributed by atoms with Gasteiger partial charge >= 0.3 is 0 Å². The Balaban J connectivity index is 2.93. The molecule has 0 aliphatic carbocycles. The van der Waals surface area contributed by atoms with Gasteiger partial charge in [0.1, 0.15) is 10.8 Å². The van der Waals surface area contributed by atoms with E-state index in [4.69, 9.17) is 23.2 Å². The zero-order valence-corrected chi connectivity index (χ0v) is 11.9. The summed E-state index contributed by atoms with van der Waals surface area (Å²) in [5.74, 6) is -0.215. The summed E-state index contributed by atoms with van der Waals surface area (Å²) in [5, 5.41) is 0.585. The second-order valence-electron chi connectivity index (χ2n) is 5.19. The normalized spacial score (nSPS) is 11.4. The maximum Gasteiger partial charge on any atom is 0.273 e. The number of hydrogen-bond donors (Lipinski definition) is 0. The number of hydrogen-bond acceptors (Lipinski definition) is 2. The van der Waals surface area contributed by atoms with E-state index in [-0.39, 0.29) is 22.2 Å². The zero-order chi connectivity index (χ0) is 13.2. The topological polar surface area (TPSA) is 33.2 Å². The van der Waals surface area contributed by atoms with Crippen LogP contribution in [0.3, 0.4) is 0 Å². The van der Waals surface area contributed by atoms with Crippen molar-refractivity contribution in [3.63, 3.8) is 0 Å². The summed E-state index contributed by atoms with van der Waals surface area (Å²) in [5.41, 5.74) is 0.223. The Hall–Kier alpha value is -0.800. The van der Waals surface area contributed by atoms with Gasteiger partial charge in [0.2, 0.25) is 0 Å². The Kier molecular flexibility index (Phi) is 4.39. The van der Waals surface area contributed by atoms with E-state index in [1.165, 1.54) is 0 Å². The summed E-state index contributed by atoms with van der Waals surface area (Å²) in [6.07, 6.45) is 0. The maximum absolute atomic E-state index is 12.1. The molecule has 0 N–H and O–H groups in total. The van der Waals surface area contributed by atoms with Gasteiger partial charge in [-0.3, -0.25) is 4.79 Å². The molecule has 0 aliphatic rings. The molecule has 0 atom stereocenters. The van der Waals surface area contributed by atoms with E-state index in [1.807, 2.05) is 0 Å². The standard InChI is InChI=1S/C12H16Cl2N2O/c1-12(2,3)7-16(4)11(17)10-8(13)5-6-9(14)15-10/h5-6H,7H2,1-4H3. The lowest BCUT2D eigenvalue weighted by Crippen LogP contribution is -2.35. The molecular weight excluding hydrogens is 259 g/mol. The van der Waals surface area contributed by atoms with Gasteiger partial charge in [0.25, 0.3) is 5.91 Å². The minimum absolute atomic E-state index is 0.0233. The molecular formula is C12H16Cl2N2O. The molecule has 0 aliphatic heterocycles. The molecule has 0 saturated heterocycles. The minimum atomic E-state index is -0.215. The summed E-state index contributed by atoms with van der Waals surface area (Å²) >= 11 is 11.7. The molecule has 5 heteroatoms. The molecule has 0 fully saturated rings. The van der Waals surface area contributed by atoms with Gasteiger partial charge in [0, 0.05) is 13.6 Å². The predicted molar refractivity (Wildman–Crippen MR) is 70.7 cm³/mol. The largest absolute Gasteiger partial charge is 0.340 e. The molecule has 1 aromatic heterocycles. The van der Waals surface area contributed by atoms with Crippen molar-refractivity contribution in [2.24, 2.45) is 5.41 Å². The van der Waals surface area contributed by atoms with Crippen molar-refractivity contribution in [1.29, 1.82) is 0 Å².